The van der Waals surface area contributed by atoms with Crippen molar-refractivity contribution in [2.45, 2.75) is 32.9 Å². The Bertz CT molecular complexity index is 781. The average Bonchev–Trinajstić information content (AvgIpc) is 3.19. The third-order valence-electron chi connectivity index (χ3n) is 4.19. The number of carbonyl (C=O) groups excluding carboxylic acids is 1. The molecule has 0 aromatic carbocycles. The van der Waals surface area contributed by atoms with Crippen LogP contribution in [0.15, 0.2) is 12.4 Å². The van der Waals surface area contributed by atoms with Crippen molar-refractivity contribution >= 4 is 11.9 Å². The van der Waals surface area contributed by atoms with Crippen molar-refractivity contribution in [1.82, 2.24) is 24.6 Å². The average molecular weight is 347 g/mol. The predicted octanol–water partition coefficient (Wildman–Crippen LogP) is 0.775. The van der Waals surface area contributed by atoms with Gasteiger partial charge in [-0.25, -0.2) is 9.78 Å². The second kappa shape index (κ2) is 7.06. The van der Waals surface area contributed by atoms with Gasteiger partial charge in [0.25, 0.3) is 5.91 Å². The number of amides is 1. The summed E-state index contributed by atoms with van der Waals surface area (Å²) in [6, 6.07) is 0.575. The van der Waals surface area contributed by atoms with Gasteiger partial charge >= 0.3 is 5.97 Å². The minimum atomic E-state index is -1.10. The third-order valence-corrected chi connectivity index (χ3v) is 4.19. The number of rotatable bonds is 6. The first-order valence-corrected chi connectivity index (χ1v) is 8.21. The van der Waals surface area contributed by atoms with Crippen LogP contribution in [0.4, 0.5) is 0 Å². The topological polar surface area (TPSA) is 113 Å². The number of fused-ring (bicyclic) bond motifs is 1. The summed E-state index contributed by atoms with van der Waals surface area (Å²) in [5.41, 5.74) is 2.22. The molecule has 1 amide bonds. The minimum absolute atomic E-state index is 0.306. The summed E-state index contributed by atoms with van der Waals surface area (Å²) in [4.78, 5) is 33.2. The van der Waals surface area contributed by atoms with Gasteiger partial charge in [0.05, 0.1) is 30.9 Å². The van der Waals surface area contributed by atoms with E-state index in [1.54, 1.807) is 17.7 Å². The maximum absolute atomic E-state index is 13.0. The molecule has 0 unspecified atom stereocenters. The second-order valence-corrected chi connectivity index (χ2v) is 5.85. The number of aryl methyl sites for hydroxylation is 1. The molecule has 0 fully saturated rings. The van der Waals surface area contributed by atoms with E-state index in [2.05, 4.69) is 15.1 Å². The van der Waals surface area contributed by atoms with E-state index in [0.29, 0.717) is 49.8 Å². The largest absolute Gasteiger partial charge is 0.479 e. The summed E-state index contributed by atoms with van der Waals surface area (Å²) in [5, 5.41) is 13.9. The molecule has 3 rings (SSSR count). The molecule has 9 nitrogen and oxygen atoms in total. The summed E-state index contributed by atoms with van der Waals surface area (Å²) < 4.78 is 6.90. The van der Waals surface area contributed by atoms with Gasteiger partial charge in [-0.1, -0.05) is 0 Å². The molecular weight excluding hydrogens is 326 g/mol. The number of aromatic amines is 1. The molecule has 2 N–H and O–H groups in total. The van der Waals surface area contributed by atoms with Crippen LogP contribution in [0.5, 0.6) is 0 Å². The standard InChI is InChI=1S/C16H21N5O4/c1-3-25-7-6-21-12(8-10(2)19-21)15(22)20-5-4-11-13(18-9-17-11)14(20)16(23)24/h8-9,14H,3-7H2,1-2H3,(H,17,18)(H,23,24)/t14-/m1/s1. The van der Waals surface area contributed by atoms with E-state index < -0.39 is 12.0 Å². The molecule has 0 bridgehead atoms. The van der Waals surface area contributed by atoms with Gasteiger partial charge in [-0.3, -0.25) is 9.48 Å². The number of hydrogen-bond acceptors (Lipinski definition) is 5. The quantitative estimate of drug-likeness (QED) is 0.747. The summed E-state index contributed by atoms with van der Waals surface area (Å²) in [6.45, 7) is 5.45. The lowest BCUT2D eigenvalue weighted by molar-refractivity contribution is -0.143. The molecular formula is C16H21N5O4. The van der Waals surface area contributed by atoms with Crippen molar-refractivity contribution in [3.8, 4) is 0 Å². The monoisotopic (exact) mass is 347 g/mol. The number of aromatic nitrogens is 4. The van der Waals surface area contributed by atoms with Crippen LogP contribution < -0.4 is 0 Å². The van der Waals surface area contributed by atoms with Gasteiger partial charge in [-0.05, 0) is 19.9 Å². The van der Waals surface area contributed by atoms with Crippen LogP contribution >= 0.6 is 0 Å². The molecule has 25 heavy (non-hydrogen) atoms. The number of aliphatic carboxylic acids is 1. The normalized spacial score (nSPS) is 16.7. The minimum Gasteiger partial charge on any atom is -0.479 e. The number of imidazole rings is 1. The molecule has 1 aliphatic rings. The maximum Gasteiger partial charge on any atom is 0.332 e. The van der Waals surface area contributed by atoms with E-state index in [-0.39, 0.29) is 5.91 Å². The van der Waals surface area contributed by atoms with Crippen LogP contribution in [0.2, 0.25) is 0 Å². The van der Waals surface area contributed by atoms with E-state index in [9.17, 15) is 14.7 Å². The second-order valence-electron chi connectivity index (χ2n) is 5.85. The fourth-order valence-electron chi connectivity index (χ4n) is 3.08. The number of carboxylic acids is 1. The van der Waals surface area contributed by atoms with Crippen LogP contribution in [0, 0.1) is 6.92 Å². The van der Waals surface area contributed by atoms with Crippen LogP contribution in [-0.4, -0.2) is 61.4 Å². The molecule has 0 aliphatic carbocycles. The highest BCUT2D eigenvalue weighted by Crippen LogP contribution is 2.29. The molecule has 0 saturated heterocycles. The van der Waals surface area contributed by atoms with Gasteiger partial charge in [-0.2, -0.15) is 5.10 Å². The smallest absolute Gasteiger partial charge is 0.332 e. The van der Waals surface area contributed by atoms with Crippen molar-refractivity contribution in [2.75, 3.05) is 19.8 Å². The van der Waals surface area contributed by atoms with Crippen molar-refractivity contribution < 1.29 is 19.4 Å². The fraction of sp³-hybridized carbons (Fsp3) is 0.500. The number of nitrogens with zero attached hydrogens (tertiary/aromatic N) is 4. The summed E-state index contributed by atoms with van der Waals surface area (Å²) in [6.07, 6.45) is 2.00. The first-order chi connectivity index (χ1) is 12.0. The van der Waals surface area contributed by atoms with Crippen molar-refractivity contribution in [3.63, 3.8) is 0 Å². The fourth-order valence-corrected chi connectivity index (χ4v) is 3.08. The van der Waals surface area contributed by atoms with E-state index >= 15 is 0 Å². The molecule has 9 heteroatoms. The maximum atomic E-state index is 13.0. The van der Waals surface area contributed by atoms with Gasteiger partial charge in [0, 0.05) is 25.3 Å². The van der Waals surface area contributed by atoms with Crippen molar-refractivity contribution in [1.29, 1.82) is 0 Å². The molecule has 2 aromatic rings. The molecule has 134 valence electrons. The molecule has 1 aliphatic heterocycles. The highest BCUT2D eigenvalue weighted by atomic mass is 16.5. The van der Waals surface area contributed by atoms with E-state index in [1.807, 2.05) is 6.92 Å². The van der Waals surface area contributed by atoms with Gasteiger partial charge in [0.2, 0.25) is 0 Å². The predicted molar refractivity (Wildman–Crippen MR) is 87.2 cm³/mol. The highest BCUT2D eigenvalue weighted by molar-refractivity contribution is 5.96. The Morgan fingerprint density at radius 2 is 2.28 bits per heavy atom. The Morgan fingerprint density at radius 3 is 3.00 bits per heavy atom. The number of hydrogen-bond donors (Lipinski definition) is 2. The number of carboxylic acid groups (broad SMARTS) is 1. The lowest BCUT2D eigenvalue weighted by atomic mass is 10.0. The zero-order chi connectivity index (χ0) is 18.0. The Labute approximate surface area is 144 Å². The lowest BCUT2D eigenvalue weighted by Crippen LogP contribution is -2.44. The van der Waals surface area contributed by atoms with E-state index in [4.69, 9.17) is 4.74 Å². The molecule has 1 atom stereocenters. The number of H-pyrrole nitrogens is 1. The Kier molecular flexibility index (Phi) is 4.84. The SMILES string of the molecule is CCOCCn1nc(C)cc1C(=O)N1CCc2[nH]cnc2[C@@H]1C(=O)O. The van der Waals surface area contributed by atoms with Crippen LogP contribution in [0.1, 0.15) is 40.5 Å². The molecule has 0 radical (unpaired) electrons. The summed E-state index contributed by atoms with van der Waals surface area (Å²) in [5.74, 6) is -1.46. The number of carbonyl (C=O) groups is 2. The zero-order valence-corrected chi connectivity index (χ0v) is 14.2. The molecule has 0 saturated carbocycles. The van der Waals surface area contributed by atoms with Gasteiger partial charge in [-0.15, -0.1) is 0 Å². The first kappa shape index (κ1) is 17.2. The number of nitrogens with one attached hydrogen (secondary N) is 1. The molecule has 2 aromatic heterocycles. The van der Waals surface area contributed by atoms with Gasteiger partial charge < -0.3 is 19.7 Å². The zero-order valence-electron chi connectivity index (χ0n) is 14.2. The Hall–Kier alpha value is -2.68. The lowest BCUT2D eigenvalue weighted by Gasteiger charge is -2.32. The van der Waals surface area contributed by atoms with Crippen LogP contribution in [-0.2, 0) is 22.5 Å². The Morgan fingerprint density at radius 1 is 1.48 bits per heavy atom. The van der Waals surface area contributed by atoms with E-state index in [1.165, 1.54) is 11.2 Å². The third kappa shape index (κ3) is 3.27. The van der Waals surface area contributed by atoms with Crippen molar-refractivity contribution in [3.05, 3.63) is 35.2 Å². The van der Waals surface area contributed by atoms with E-state index in [0.717, 1.165) is 5.69 Å². The Balaban J connectivity index is 1.89. The number of ether oxygens (including phenoxy) is 1. The van der Waals surface area contributed by atoms with Crippen LogP contribution in [0.25, 0.3) is 0 Å². The van der Waals surface area contributed by atoms with Gasteiger partial charge in [0.1, 0.15) is 5.69 Å². The molecule has 3 heterocycles. The van der Waals surface area contributed by atoms with Crippen molar-refractivity contribution in [2.24, 2.45) is 0 Å². The highest BCUT2D eigenvalue weighted by Gasteiger charge is 2.39. The van der Waals surface area contributed by atoms with Gasteiger partial charge in [0.15, 0.2) is 6.04 Å². The van der Waals surface area contributed by atoms with Crippen LogP contribution in [0.3, 0.4) is 0 Å². The summed E-state index contributed by atoms with van der Waals surface area (Å²) >= 11 is 0. The summed E-state index contributed by atoms with van der Waals surface area (Å²) in [7, 11) is 0. The molecule has 0 spiro atoms. The first-order valence-electron chi connectivity index (χ1n) is 8.21.